The molecule has 0 amide bonds. The van der Waals surface area contributed by atoms with Crippen LogP contribution in [0.1, 0.15) is 11.1 Å². The quantitative estimate of drug-likeness (QED) is 0.389. The van der Waals surface area contributed by atoms with Crippen molar-refractivity contribution in [1.82, 2.24) is 10.6 Å². The fourth-order valence-corrected chi connectivity index (χ4v) is 3.15. The van der Waals surface area contributed by atoms with Crippen molar-refractivity contribution >= 4 is 57.6 Å². The minimum atomic E-state index is 0.502. The molecule has 0 fully saturated rings. The van der Waals surface area contributed by atoms with Crippen LogP contribution in [0.5, 0.6) is 0 Å². The normalized spacial score (nSPS) is 10.1. The van der Waals surface area contributed by atoms with Crippen molar-refractivity contribution in [2.45, 2.75) is 13.1 Å². The van der Waals surface area contributed by atoms with E-state index in [2.05, 4.69) is 21.3 Å². The van der Waals surface area contributed by atoms with Gasteiger partial charge in [-0.3, -0.25) is 0 Å². The smallest absolute Gasteiger partial charge is 0.171 e. The van der Waals surface area contributed by atoms with Crippen molar-refractivity contribution in [2.24, 2.45) is 0 Å². The number of hydrogen-bond acceptors (Lipinski definition) is 2. The number of nitrogens with one attached hydrogen (secondary N) is 4. The average Bonchev–Trinajstić information content (AvgIpc) is 2.74. The fraction of sp³-hybridized carbons (Fsp3) is 0.0909. The minimum Gasteiger partial charge on any atom is -0.358 e. The van der Waals surface area contributed by atoms with Gasteiger partial charge >= 0.3 is 0 Å². The summed E-state index contributed by atoms with van der Waals surface area (Å²) in [7, 11) is 0. The predicted octanol–water partition coefficient (Wildman–Crippen LogP) is 5.31. The molecular formula is C22H21ClN4S2. The first-order valence-corrected chi connectivity index (χ1v) is 10.3. The van der Waals surface area contributed by atoms with Crippen LogP contribution in [0.3, 0.4) is 0 Å². The first-order chi connectivity index (χ1) is 14.1. The molecule has 7 heteroatoms. The number of rotatable bonds is 6. The summed E-state index contributed by atoms with van der Waals surface area (Å²) in [5, 5.41) is 14.4. The molecule has 0 aromatic heterocycles. The molecule has 0 heterocycles. The molecule has 29 heavy (non-hydrogen) atoms. The summed E-state index contributed by atoms with van der Waals surface area (Å²) in [5.74, 6) is 0. The van der Waals surface area contributed by atoms with Gasteiger partial charge in [-0.15, -0.1) is 0 Å². The molecule has 0 aliphatic rings. The van der Waals surface area contributed by atoms with Crippen LogP contribution in [0.15, 0.2) is 78.9 Å². The van der Waals surface area contributed by atoms with Gasteiger partial charge in [0.15, 0.2) is 10.2 Å². The van der Waals surface area contributed by atoms with Crippen LogP contribution >= 0.6 is 36.0 Å². The molecule has 0 radical (unpaired) electrons. The molecule has 0 saturated carbocycles. The van der Waals surface area contributed by atoms with Crippen molar-refractivity contribution in [2.75, 3.05) is 10.6 Å². The third kappa shape index (κ3) is 7.02. The van der Waals surface area contributed by atoms with Crippen LogP contribution in [0.2, 0.25) is 5.02 Å². The van der Waals surface area contributed by atoms with Gasteiger partial charge in [0, 0.05) is 18.1 Å². The lowest BCUT2D eigenvalue weighted by molar-refractivity contribution is 0.924. The molecule has 0 atom stereocenters. The Hall–Kier alpha value is -2.67. The van der Waals surface area contributed by atoms with Crippen LogP contribution in [0.4, 0.5) is 11.4 Å². The van der Waals surface area contributed by atoms with Crippen LogP contribution < -0.4 is 21.3 Å². The molecule has 0 saturated heterocycles. The van der Waals surface area contributed by atoms with E-state index in [0.717, 1.165) is 22.5 Å². The molecule has 0 unspecified atom stereocenters. The van der Waals surface area contributed by atoms with Gasteiger partial charge in [-0.1, -0.05) is 72.3 Å². The third-order valence-electron chi connectivity index (χ3n) is 4.07. The Labute approximate surface area is 186 Å². The van der Waals surface area contributed by atoms with E-state index in [1.54, 1.807) is 12.1 Å². The van der Waals surface area contributed by atoms with E-state index in [1.165, 1.54) is 0 Å². The highest BCUT2D eigenvalue weighted by molar-refractivity contribution is 7.80. The molecule has 3 aromatic rings. The highest BCUT2D eigenvalue weighted by atomic mass is 35.5. The van der Waals surface area contributed by atoms with Crippen molar-refractivity contribution in [3.8, 4) is 0 Å². The number of anilines is 2. The minimum absolute atomic E-state index is 0.502. The van der Waals surface area contributed by atoms with E-state index in [0.29, 0.717) is 28.3 Å². The molecule has 0 spiro atoms. The summed E-state index contributed by atoms with van der Waals surface area (Å²) in [4.78, 5) is 0. The lowest BCUT2D eigenvalue weighted by atomic mass is 10.2. The molecule has 4 nitrogen and oxygen atoms in total. The van der Waals surface area contributed by atoms with Gasteiger partial charge in [-0.25, -0.2) is 0 Å². The van der Waals surface area contributed by atoms with Crippen molar-refractivity contribution in [3.05, 3.63) is 95.0 Å². The van der Waals surface area contributed by atoms with Crippen molar-refractivity contribution in [1.29, 1.82) is 0 Å². The Bertz CT molecular complexity index is 965. The molecule has 0 bridgehead atoms. The van der Waals surface area contributed by atoms with Crippen LogP contribution in [-0.4, -0.2) is 10.2 Å². The third-order valence-corrected chi connectivity index (χ3v) is 4.80. The monoisotopic (exact) mass is 440 g/mol. The molecule has 0 aliphatic carbocycles. The summed E-state index contributed by atoms with van der Waals surface area (Å²) in [6, 6.07) is 25.6. The highest BCUT2D eigenvalue weighted by Crippen LogP contribution is 2.26. The maximum Gasteiger partial charge on any atom is 0.171 e. The van der Waals surface area contributed by atoms with E-state index in [1.807, 2.05) is 66.7 Å². The molecule has 3 aromatic carbocycles. The fourth-order valence-electron chi connectivity index (χ4n) is 2.62. The molecular weight excluding hydrogens is 420 g/mol. The first kappa shape index (κ1) is 21.0. The zero-order valence-corrected chi connectivity index (χ0v) is 18.0. The maximum absolute atomic E-state index is 6.17. The van der Waals surface area contributed by atoms with E-state index in [-0.39, 0.29) is 0 Å². The second kappa shape index (κ2) is 10.8. The van der Waals surface area contributed by atoms with Crippen LogP contribution in [0.25, 0.3) is 0 Å². The number of thiocarbonyl (C=S) groups is 2. The van der Waals surface area contributed by atoms with E-state index < -0.39 is 0 Å². The Morgan fingerprint density at radius 2 is 1.14 bits per heavy atom. The predicted molar refractivity (Wildman–Crippen MR) is 130 cm³/mol. The van der Waals surface area contributed by atoms with E-state index in [9.17, 15) is 0 Å². The molecule has 148 valence electrons. The zero-order chi connectivity index (χ0) is 20.5. The largest absolute Gasteiger partial charge is 0.358 e. The summed E-state index contributed by atoms with van der Waals surface area (Å²) in [6.45, 7) is 1.27. The topological polar surface area (TPSA) is 48.1 Å². The van der Waals surface area contributed by atoms with Gasteiger partial charge in [0.25, 0.3) is 0 Å². The summed E-state index contributed by atoms with van der Waals surface area (Å²) < 4.78 is 0. The second-order valence-electron chi connectivity index (χ2n) is 6.28. The van der Waals surface area contributed by atoms with Gasteiger partial charge in [-0.05, 0) is 53.8 Å². The van der Waals surface area contributed by atoms with Gasteiger partial charge in [-0.2, -0.15) is 0 Å². The Morgan fingerprint density at radius 1 is 0.655 bits per heavy atom. The van der Waals surface area contributed by atoms with Crippen molar-refractivity contribution < 1.29 is 0 Å². The molecule has 0 aliphatic heterocycles. The van der Waals surface area contributed by atoms with Gasteiger partial charge in [0.1, 0.15) is 0 Å². The van der Waals surface area contributed by atoms with E-state index >= 15 is 0 Å². The Balaban J connectivity index is 1.58. The van der Waals surface area contributed by atoms with Crippen molar-refractivity contribution in [3.63, 3.8) is 0 Å². The van der Waals surface area contributed by atoms with Gasteiger partial charge < -0.3 is 21.3 Å². The van der Waals surface area contributed by atoms with Gasteiger partial charge in [0.2, 0.25) is 0 Å². The molecule has 3 rings (SSSR count). The van der Waals surface area contributed by atoms with Crippen LogP contribution in [0, 0.1) is 0 Å². The Kier molecular flexibility index (Phi) is 7.81. The lowest BCUT2D eigenvalue weighted by Gasteiger charge is -2.17. The average molecular weight is 441 g/mol. The summed E-state index contributed by atoms with van der Waals surface area (Å²) in [5.41, 5.74) is 3.82. The lowest BCUT2D eigenvalue weighted by Crippen LogP contribution is -2.30. The highest BCUT2D eigenvalue weighted by Gasteiger charge is 2.08. The summed E-state index contributed by atoms with van der Waals surface area (Å²) >= 11 is 17.0. The zero-order valence-electron chi connectivity index (χ0n) is 15.6. The maximum atomic E-state index is 6.17. The van der Waals surface area contributed by atoms with Crippen LogP contribution in [-0.2, 0) is 13.1 Å². The SMILES string of the molecule is S=C(NCc1ccccc1)Nc1ccc(Cl)cc1NC(=S)NCc1ccccc1. The molecule has 4 N–H and O–H groups in total. The van der Waals surface area contributed by atoms with Gasteiger partial charge in [0.05, 0.1) is 11.4 Å². The first-order valence-electron chi connectivity index (χ1n) is 9.07. The number of halogens is 1. The number of benzene rings is 3. The van der Waals surface area contributed by atoms with E-state index in [4.69, 9.17) is 36.0 Å². The Morgan fingerprint density at radius 3 is 1.66 bits per heavy atom. The standard InChI is InChI=1S/C22H21ClN4S2/c23-18-11-12-19(26-21(28)24-14-16-7-3-1-4-8-16)20(13-18)27-22(29)25-15-17-9-5-2-6-10-17/h1-13H,14-15H2,(H2,24,26,28)(H2,25,27,29). The second-order valence-corrected chi connectivity index (χ2v) is 7.53. The number of hydrogen-bond donors (Lipinski definition) is 4. The summed E-state index contributed by atoms with van der Waals surface area (Å²) in [6.07, 6.45) is 0.